The fourth-order valence-electron chi connectivity index (χ4n) is 9.31. The molecule has 10 aromatic rings. The summed E-state index contributed by atoms with van der Waals surface area (Å²) in [4.78, 5) is 10.4. The van der Waals surface area contributed by atoms with Crippen LogP contribution in [0, 0.1) is 0 Å². The van der Waals surface area contributed by atoms with E-state index in [0.717, 1.165) is 39.0 Å². The summed E-state index contributed by atoms with van der Waals surface area (Å²) in [7, 11) is 0. The number of aromatic nitrogens is 2. The molecule has 0 aliphatic heterocycles. The van der Waals surface area contributed by atoms with Gasteiger partial charge < -0.3 is 0 Å². The molecular formula is C58H40N2. The molecule has 0 radical (unpaired) electrons. The summed E-state index contributed by atoms with van der Waals surface area (Å²) >= 11 is 0. The first-order valence-electron chi connectivity index (χ1n) is 20.6. The first kappa shape index (κ1) is 35.5. The second kappa shape index (κ2) is 14.6. The van der Waals surface area contributed by atoms with Crippen molar-refractivity contribution in [3.8, 4) is 78.4 Å². The molecule has 0 spiro atoms. The molecule has 0 saturated carbocycles. The van der Waals surface area contributed by atoms with Gasteiger partial charge in [-0.3, -0.25) is 0 Å². The van der Waals surface area contributed by atoms with E-state index in [4.69, 9.17) is 9.97 Å². The number of hydrogen-bond acceptors (Lipinski definition) is 2. The fourth-order valence-corrected chi connectivity index (χ4v) is 9.31. The number of hydrogen-bond donors (Lipinski definition) is 0. The molecule has 0 amide bonds. The molecule has 1 aliphatic rings. The van der Waals surface area contributed by atoms with Crippen LogP contribution >= 0.6 is 0 Å². The molecule has 1 unspecified atom stereocenters. The highest BCUT2D eigenvalue weighted by molar-refractivity contribution is 6.05. The molecule has 11 rings (SSSR count). The third-order valence-electron chi connectivity index (χ3n) is 12.4. The van der Waals surface area contributed by atoms with Gasteiger partial charge in [-0.25, -0.2) is 9.97 Å². The zero-order chi connectivity index (χ0) is 40.0. The number of nitrogens with zero attached hydrogens (tertiary/aromatic N) is 2. The molecule has 2 nitrogen and oxygen atoms in total. The van der Waals surface area contributed by atoms with Crippen LogP contribution in [0.3, 0.4) is 0 Å². The summed E-state index contributed by atoms with van der Waals surface area (Å²) in [5.41, 5.74) is 18.4. The summed E-state index contributed by atoms with van der Waals surface area (Å²) in [5, 5.41) is 2.34. The lowest BCUT2D eigenvalue weighted by molar-refractivity contribution is 0.714. The van der Waals surface area contributed by atoms with Gasteiger partial charge in [0.25, 0.3) is 0 Å². The Morgan fingerprint density at radius 1 is 0.300 bits per heavy atom. The van der Waals surface area contributed by atoms with Crippen molar-refractivity contribution in [3.05, 3.63) is 241 Å². The maximum Gasteiger partial charge on any atom is 0.160 e. The SMILES string of the molecule is CC1(c2ccccc2)c2ccccc2-c2ccc(-c3ccc(-c4cc(-c5ccc(-c6cccc(-c7ccccc7)c6)cc5)nc(-c5ccccc5)n4)c4ccccc34)cc21. The molecule has 0 bridgehead atoms. The minimum Gasteiger partial charge on any atom is -0.228 e. The van der Waals surface area contributed by atoms with Crippen molar-refractivity contribution in [1.29, 1.82) is 0 Å². The lowest BCUT2D eigenvalue weighted by atomic mass is 9.74. The second-order valence-corrected chi connectivity index (χ2v) is 15.9. The summed E-state index contributed by atoms with van der Waals surface area (Å²) in [6.45, 7) is 2.38. The van der Waals surface area contributed by atoms with Gasteiger partial charge in [0.15, 0.2) is 5.82 Å². The van der Waals surface area contributed by atoms with E-state index >= 15 is 0 Å². The number of fused-ring (bicyclic) bond motifs is 4. The van der Waals surface area contributed by atoms with Crippen molar-refractivity contribution in [1.82, 2.24) is 9.97 Å². The van der Waals surface area contributed by atoms with Crippen LogP contribution in [0.5, 0.6) is 0 Å². The van der Waals surface area contributed by atoms with Crippen molar-refractivity contribution in [2.75, 3.05) is 0 Å². The topological polar surface area (TPSA) is 25.8 Å². The quantitative estimate of drug-likeness (QED) is 0.162. The molecule has 1 atom stereocenters. The lowest BCUT2D eigenvalue weighted by Crippen LogP contribution is -2.22. The molecule has 0 saturated heterocycles. The Morgan fingerprint density at radius 2 is 0.800 bits per heavy atom. The molecule has 9 aromatic carbocycles. The molecular weight excluding hydrogens is 725 g/mol. The monoisotopic (exact) mass is 764 g/mol. The van der Waals surface area contributed by atoms with E-state index in [1.54, 1.807) is 0 Å². The maximum atomic E-state index is 5.27. The average molecular weight is 765 g/mol. The van der Waals surface area contributed by atoms with E-state index in [0.29, 0.717) is 5.82 Å². The standard InChI is InChI=1S/C58H40N2/c1-58(46-22-9-4-10-23-46)53-27-14-13-26-50(53)51-33-32-45(37-54(51)58)47-34-35-52(49-25-12-11-24-48(47)49)56-38-55(59-57(60-56)42-18-7-3-8-19-42)41-30-28-40(29-31-41)44-21-15-20-43(36-44)39-16-5-2-6-17-39/h2-38H,1H3. The van der Waals surface area contributed by atoms with Gasteiger partial charge in [-0.05, 0) is 97.1 Å². The Kier molecular flexibility index (Phi) is 8.64. The molecule has 2 heteroatoms. The predicted octanol–water partition coefficient (Wildman–Crippen LogP) is 15.0. The highest BCUT2D eigenvalue weighted by atomic mass is 14.9. The minimum absolute atomic E-state index is 0.269. The number of benzene rings is 9. The summed E-state index contributed by atoms with van der Waals surface area (Å²) in [6.07, 6.45) is 0. The van der Waals surface area contributed by atoms with Crippen LogP contribution in [0.2, 0.25) is 0 Å². The molecule has 0 fully saturated rings. The van der Waals surface area contributed by atoms with E-state index in [2.05, 4.69) is 213 Å². The minimum atomic E-state index is -0.269. The van der Waals surface area contributed by atoms with E-state index < -0.39 is 0 Å². The van der Waals surface area contributed by atoms with Gasteiger partial charge in [-0.2, -0.15) is 0 Å². The van der Waals surface area contributed by atoms with Gasteiger partial charge in [-0.15, -0.1) is 0 Å². The molecule has 1 heterocycles. The maximum absolute atomic E-state index is 5.27. The van der Waals surface area contributed by atoms with Crippen LogP contribution < -0.4 is 0 Å². The molecule has 1 aromatic heterocycles. The van der Waals surface area contributed by atoms with E-state index in [9.17, 15) is 0 Å². The summed E-state index contributed by atoms with van der Waals surface area (Å²) in [6, 6.07) is 80.7. The second-order valence-electron chi connectivity index (χ2n) is 15.9. The average Bonchev–Trinajstić information content (AvgIpc) is 3.59. The van der Waals surface area contributed by atoms with Crippen LogP contribution in [0.15, 0.2) is 224 Å². The Labute approximate surface area is 351 Å². The van der Waals surface area contributed by atoms with Crippen molar-refractivity contribution in [2.24, 2.45) is 0 Å². The van der Waals surface area contributed by atoms with Gasteiger partial charge in [0.2, 0.25) is 0 Å². The van der Waals surface area contributed by atoms with Gasteiger partial charge in [-0.1, -0.05) is 206 Å². The third-order valence-corrected chi connectivity index (χ3v) is 12.4. The van der Waals surface area contributed by atoms with Crippen LogP contribution in [0.4, 0.5) is 0 Å². The van der Waals surface area contributed by atoms with Gasteiger partial charge in [0, 0.05) is 22.1 Å². The molecule has 60 heavy (non-hydrogen) atoms. The summed E-state index contributed by atoms with van der Waals surface area (Å²) < 4.78 is 0. The third kappa shape index (κ3) is 6.04. The van der Waals surface area contributed by atoms with E-state index in [1.165, 1.54) is 61.0 Å². The van der Waals surface area contributed by atoms with Crippen LogP contribution in [0.1, 0.15) is 23.6 Å². The smallest absolute Gasteiger partial charge is 0.160 e. The number of rotatable bonds is 7. The highest BCUT2D eigenvalue weighted by Gasteiger charge is 2.40. The Balaban J connectivity index is 1.01. The van der Waals surface area contributed by atoms with Crippen LogP contribution in [0.25, 0.3) is 89.2 Å². The zero-order valence-electron chi connectivity index (χ0n) is 33.3. The van der Waals surface area contributed by atoms with Crippen molar-refractivity contribution in [2.45, 2.75) is 12.3 Å². The Morgan fingerprint density at radius 3 is 1.53 bits per heavy atom. The van der Waals surface area contributed by atoms with Crippen LogP contribution in [-0.2, 0) is 5.41 Å². The largest absolute Gasteiger partial charge is 0.228 e. The van der Waals surface area contributed by atoms with Gasteiger partial charge in [0.05, 0.1) is 11.4 Å². The van der Waals surface area contributed by atoms with Crippen molar-refractivity contribution < 1.29 is 0 Å². The predicted molar refractivity (Wildman–Crippen MR) is 250 cm³/mol. The first-order chi connectivity index (χ1) is 29.6. The summed E-state index contributed by atoms with van der Waals surface area (Å²) in [5.74, 6) is 0.703. The van der Waals surface area contributed by atoms with E-state index in [-0.39, 0.29) is 5.41 Å². The normalized spacial score (nSPS) is 14.2. The van der Waals surface area contributed by atoms with Gasteiger partial charge in [0.1, 0.15) is 0 Å². The van der Waals surface area contributed by atoms with Gasteiger partial charge >= 0.3 is 0 Å². The van der Waals surface area contributed by atoms with E-state index in [1.807, 2.05) is 18.2 Å². The molecule has 1 aliphatic carbocycles. The molecule has 282 valence electrons. The fraction of sp³-hybridized carbons (Fsp3) is 0.0345. The van der Waals surface area contributed by atoms with Crippen LogP contribution in [-0.4, -0.2) is 9.97 Å². The van der Waals surface area contributed by atoms with Crippen molar-refractivity contribution >= 4 is 10.8 Å². The van der Waals surface area contributed by atoms with Crippen molar-refractivity contribution in [3.63, 3.8) is 0 Å². The Hall–Kier alpha value is -7.68. The first-order valence-corrected chi connectivity index (χ1v) is 20.6. The highest BCUT2D eigenvalue weighted by Crippen LogP contribution is 2.53. The Bertz CT molecular complexity index is 3190. The zero-order valence-corrected chi connectivity index (χ0v) is 33.3. The molecule has 0 N–H and O–H groups in total. The lowest BCUT2D eigenvalue weighted by Gasteiger charge is -2.28.